The lowest BCUT2D eigenvalue weighted by Crippen LogP contribution is -2.29. The average Bonchev–Trinajstić information content (AvgIpc) is 2.53. The van der Waals surface area contributed by atoms with Crippen molar-refractivity contribution in [3.8, 4) is 0 Å². The van der Waals surface area contributed by atoms with E-state index in [0.717, 1.165) is 22.4 Å². The molecule has 72 valence electrons. The number of carbonyl (C=O) groups excluding carboxylic acids is 1. The second-order valence-corrected chi connectivity index (χ2v) is 4.35. The molecule has 1 aromatic heterocycles. The van der Waals surface area contributed by atoms with Crippen LogP contribution in [-0.2, 0) is 0 Å². The largest absolute Gasteiger partial charge is 0.338 e. The van der Waals surface area contributed by atoms with Crippen LogP contribution < -0.4 is 0 Å². The molecule has 0 aliphatic carbocycles. The van der Waals surface area contributed by atoms with Crippen LogP contribution in [0.25, 0.3) is 0 Å². The Balaban J connectivity index is 2.84. The second kappa shape index (κ2) is 4.77. The summed E-state index contributed by atoms with van der Waals surface area (Å²) in [5.74, 6) is 0.117. The summed E-state index contributed by atoms with van der Waals surface area (Å²) in [6.45, 7) is 5.51. The van der Waals surface area contributed by atoms with Crippen LogP contribution >= 0.6 is 27.3 Å². The average molecular weight is 262 g/mol. The zero-order valence-electron chi connectivity index (χ0n) is 7.71. The van der Waals surface area contributed by atoms with E-state index in [1.165, 1.54) is 11.3 Å². The van der Waals surface area contributed by atoms with Gasteiger partial charge in [-0.25, -0.2) is 0 Å². The lowest BCUT2D eigenvalue weighted by Gasteiger charge is -2.17. The van der Waals surface area contributed by atoms with E-state index in [0.29, 0.717) is 0 Å². The molecule has 0 saturated carbocycles. The second-order valence-electron chi connectivity index (χ2n) is 2.58. The summed E-state index contributed by atoms with van der Waals surface area (Å²) in [6, 6.07) is 1.90. The first-order valence-electron chi connectivity index (χ1n) is 4.23. The van der Waals surface area contributed by atoms with Gasteiger partial charge in [-0.2, -0.15) is 0 Å². The van der Waals surface area contributed by atoms with Crippen LogP contribution in [0.1, 0.15) is 23.5 Å². The molecule has 0 N–H and O–H groups in total. The molecule has 1 aromatic rings. The number of hydrogen-bond acceptors (Lipinski definition) is 2. The maximum atomic E-state index is 11.8. The van der Waals surface area contributed by atoms with Gasteiger partial charge in [0.15, 0.2) is 0 Å². The van der Waals surface area contributed by atoms with Crippen LogP contribution in [0.4, 0.5) is 0 Å². The molecule has 0 unspecified atom stereocenters. The third kappa shape index (κ3) is 2.31. The third-order valence-corrected chi connectivity index (χ3v) is 3.69. The Morgan fingerprint density at radius 1 is 1.54 bits per heavy atom. The fraction of sp³-hybridized carbons (Fsp3) is 0.444. The fourth-order valence-electron chi connectivity index (χ4n) is 1.10. The molecule has 0 bridgehead atoms. The van der Waals surface area contributed by atoms with E-state index in [2.05, 4.69) is 15.9 Å². The van der Waals surface area contributed by atoms with Crippen molar-refractivity contribution in [2.45, 2.75) is 13.8 Å². The molecule has 0 aromatic carbocycles. The van der Waals surface area contributed by atoms with Crippen LogP contribution in [0.3, 0.4) is 0 Å². The fourth-order valence-corrected chi connectivity index (χ4v) is 2.61. The number of halogens is 1. The van der Waals surface area contributed by atoms with Crippen LogP contribution in [0, 0.1) is 0 Å². The van der Waals surface area contributed by atoms with Gasteiger partial charge in [-0.3, -0.25) is 4.79 Å². The molecule has 1 rings (SSSR count). The molecular weight excluding hydrogens is 250 g/mol. The van der Waals surface area contributed by atoms with E-state index >= 15 is 0 Å². The zero-order chi connectivity index (χ0) is 9.84. The number of hydrogen-bond donors (Lipinski definition) is 0. The molecule has 0 aliphatic rings. The number of amides is 1. The highest BCUT2D eigenvalue weighted by Gasteiger charge is 2.16. The maximum absolute atomic E-state index is 11.8. The molecule has 0 fully saturated rings. The van der Waals surface area contributed by atoms with Crippen molar-refractivity contribution in [2.24, 2.45) is 0 Å². The highest BCUT2D eigenvalue weighted by atomic mass is 79.9. The molecule has 0 spiro atoms. The standard InChI is InChI=1S/C9H12BrNOS/c1-3-11(4-2)9(12)8-7(10)5-6-13-8/h5-6H,3-4H2,1-2H3. The lowest BCUT2D eigenvalue weighted by atomic mass is 10.4. The van der Waals surface area contributed by atoms with E-state index < -0.39 is 0 Å². The van der Waals surface area contributed by atoms with Crippen molar-refractivity contribution in [3.63, 3.8) is 0 Å². The zero-order valence-corrected chi connectivity index (χ0v) is 10.1. The highest BCUT2D eigenvalue weighted by Crippen LogP contribution is 2.23. The van der Waals surface area contributed by atoms with Gasteiger partial charge in [0.25, 0.3) is 5.91 Å². The van der Waals surface area contributed by atoms with Gasteiger partial charge in [0.05, 0.1) is 0 Å². The number of carbonyl (C=O) groups is 1. The minimum absolute atomic E-state index is 0.117. The topological polar surface area (TPSA) is 20.3 Å². The summed E-state index contributed by atoms with van der Waals surface area (Å²) >= 11 is 4.84. The van der Waals surface area contributed by atoms with Crippen molar-refractivity contribution in [1.29, 1.82) is 0 Å². The van der Waals surface area contributed by atoms with E-state index in [1.807, 2.05) is 30.2 Å². The number of nitrogens with zero attached hydrogens (tertiary/aromatic N) is 1. The summed E-state index contributed by atoms with van der Waals surface area (Å²) in [7, 11) is 0. The van der Waals surface area contributed by atoms with Crippen LogP contribution in [0.2, 0.25) is 0 Å². The van der Waals surface area contributed by atoms with Crippen molar-refractivity contribution < 1.29 is 4.79 Å². The van der Waals surface area contributed by atoms with Crippen molar-refractivity contribution in [3.05, 3.63) is 20.8 Å². The van der Waals surface area contributed by atoms with Crippen LogP contribution in [0.15, 0.2) is 15.9 Å². The Labute approximate surface area is 90.7 Å². The molecule has 0 atom stereocenters. The van der Waals surface area contributed by atoms with Crippen molar-refractivity contribution >= 4 is 33.2 Å². The summed E-state index contributed by atoms with van der Waals surface area (Å²) < 4.78 is 0.898. The Hall–Kier alpha value is -0.350. The van der Waals surface area contributed by atoms with E-state index in [4.69, 9.17) is 0 Å². The molecule has 1 heterocycles. The smallest absolute Gasteiger partial charge is 0.265 e. The minimum atomic E-state index is 0.117. The van der Waals surface area contributed by atoms with Gasteiger partial charge < -0.3 is 4.90 Å². The molecule has 2 nitrogen and oxygen atoms in total. The van der Waals surface area contributed by atoms with E-state index in [1.54, 1.807) is 0 Å². The van der Waals surface area contributed by atoms with Gasteiger partial charge in [-0.1, -0.05) is 0 Å². The summed E-state index contributed by atoms with van der Waals surface area (Å²) in [6.07, 6.45) is 0. The first kappa shape index (κ1) is 10.7. The predicted molar refractivity (Wildman–Crippen MR) is 59.3 cm³/mol. The molecular formula is C9H12BrNOS. The lowest BCUT2D eigenvalue weighted by molar-refractivity contribution is 0.0777. The summed E-state index contributed by atoms with van der Waals surface area (Å²) in [5, 5.41) is 1.92. The monoisotopic (exact) mass is 261 g/mol. The SMILES string of the molecule is CCN(CC)C(=O)c1sccc1Br. The van der Waals surface area contributed by atoms with Gasteiger partial charge in [-0.15, -0.1) is 11.3 Å². The predicted octanol–water partition coefficient (Wildman–Crippen LogP) is 2.99. The Kier molecular flexibility index (Phi) is 3.93. The van der Waals surface area contributed by atoms with Crippen molar-refractivity contribution in [1.82, 2.24) is 4.90 Å². The molecule has 0 aliphatic heterocycles. The normalized spacial score (nSPS) is 10.1. The molecule has 1 amide bonds. The molecule has 0 saturated heterocycles. The Bertz CT molecular complexity index is 294. The summed E-state index contributed by atoms with van der Waals surface area (Å²) in [5.41, 5.74) is 0. The van der Waals surface area contributed by atoms with E-state index in [-0.39, 0.29) is 5.91 Å². The first-order chi connectivity index (χ1) is 6.20. The molecule has 4 heteroatoms. The van der Waals surface area contributed by atoms with Gasteiger partial charge in [0, 0.05) is 17.6 Å². The Morgan fingerprint density at radius 3 is 2.54 bits per heavy atom. The molecule has 13 heavy (non-hydrogen) atoms. The van der Waals surface area contributed by atoms with Gasteiger partial charge >= 0.3 is 0 Å². The number of thiophene rings is 1. The van der Waals surface area contributed by atoms with Gasteiger partial charge in [0.2, 0.25) is 0 Å². The van der Waals surface area contributed by atoms with E-state index in [9.17, 15) is 4.79 Å². The maximum Gasteiger partial charge on any atom is 0.265 e. The number of rotatable bonds is 3. The third-order valence-electron chi connectivity index (χ3n) is 1.86. The van der Waals surface area contributed by atoms with Crippen LogP contribution in [0.5, 0.6) is 0 Å². The van der Waals surface area contributed by atoms with Crippen LogP contribution in [-0.4, -0.2) is 23.9 Å². The summed E-state index contributed by atoms with van der Waals surface area (Å²) in [4.78, 5) is 14.4. The molecule has 0 radical (unpaired) electrons. The quantitative estimate of drug-likeness (QED) is 0.820. The highest BCUT2D eigenvalue weighted by molar-refractivity contribution is 9.10. The Morgan fingerprint density at radius 2 is 2.15 bits per heavy atom. The van der Waals surface area contributed by atoms with Gasteiger partial charge in [-0.05, 0) is 41.2 Å². The van der Waals surface area contributed by atoms with Crippen molar-refractivity contribution in [2.75, 3.05) is 13.1 Å². The minimum Gasteiger partial charge on any atom is -0.338 e. The van der Waals surface area contributed by atoms with Gasteiger partial charge in [0.1, 0.15) is 4.88 Å². The first-order valence-corrected chi connectivity index (χ1v) is 5.90.